The van der Waals surface area contributed by atoms with Crippen molar-refractivity contribution in [1.29, 1.82) is 0 Å². The van der Waals surface area contributed by atoms with Crippen molar-refractivity contribution in [3.8, 4) is 11.3 Å². The third-order valence-electron chi connectivity index (χ3n) is 4.89. The highest BCUT2D eigenvalue weighted by atomic mass is 14.7. The first-order valence-corrected chi connectivity index (χ1v) is 9.83. The summed E-state index contributed by atoms with van der Waals surface area (Å²) in [5, 5.41) is 2.65. The highest BCUT2D eigenvalue weighted by Gasteiger charge is 2.14. The van der Waals surface area contributed by atoms with Crippen molar-refractivity contribution < 1.29 is 0 Å². The highest BCUT2D eigenvalue weighted by Crippen LogP contribution is 2.33. The number of hydrogen-bond donors (Lipinski definition) is 0. The molecule has 0 aliphatic heterocycles. The summed E-state index contributed by atoms with van der Waals surface area (Å²) in [7, 11) is 0. The number of rotatable bonds is 5. The molecule has 0 spiro atoms. The molecule has 1 nitrogen and oxygen atoms in total. The zero-order valence-corrected chi connectivity index (χ0v) is 17.1. The summed E-state index contributed by atoms with van der Waals surface area (Å²) in [6, 6.07) is 13.6. The summed E-state index contributed by atoms with van der Waals surface area (Å²) >= 11 is 0. The predicted octanol–water partition coefficient (Wildman–Crippen LogP) is 6.92. The fourth-order valence-electron chi connectivity index (χ4n) is 3.98. The summed E-state index contributed by atoms with van der Waals surface area (Å²) in [5.41, 5.74) is 7.92. The summed E-state index contributed by atoms with van der Waals surface area (Å²) in [5.74, 6) is 1.31. The van der Waals surface area contributed by atoms with E-state index in [1.165, 1.54) is 38.6 Å². The second kappa shape index (κ2) is 7.61. The predicted molar refractivity (Wildman–Crippen MR) is 114 cm³/mol. The van der Waals surface area contributed by atoms with Gasteiger partial charge in [0.05, 0.1) is 5.69 Å². The molecule has 3 rings (SSSR count). The first-order chi connectivity index (χ1) is 12.3. The van der Waals surface area contributed by atoms with E-state index in [2.05, 4.69) is 77.9 Å². The van der Waals surface area contributed by atoms with Gasteiger partial charge in [0, 0.05) is 17.1 Å². The van der Waals surface area contributed by atoms with Crippen molar-refractivity contribution >= 4 is 10.8 Å². The van der Waals surface area contributed by atoms with E-state index in [1.54, 1.807) is 0 Å². The van der Waals surface area contributed by atoms with Gasteiger partial charge in [0.25, 0.3) is 0 Å². The largest absolute Gasteiger partial charge is 0.256 e. The Labute approximate surface area is 158 Å². The third-order valence-corrected chi connectivity index (χ3v) is 4.89. The molecule has 0 fully saturated rings. The molecule has 0 saturated carbocycles. The van der Waals surface area contributed by atoms with Gasteiger partial charge in [-0.1, -0.05) is 57.0 Å². The van der Waals surface area contributed by atoms with E-state index in [-0.39, 0.29) is 0 Å². The Balaban J connectivity index is 2.24. The second-order valence-corrected chi connectivity index (χ2v) is 8.53. The minimum absolute atomic E-state index is 0.643. The van der Waals surface area contributed by atoms with Gasteiger partial charge in [-0.3, -0.25) is 4.98 Å². The maximum atomic E-state index is 4.77. The molecular formula is C25H31N. The lowest BCUT2D eigenvalue weighted by Gasteiger charge is -2.18. The lowest BCUT2D eigenvalue weighted by Crippen LogP contribution is -2.04. The van der Waals surface area contributed by atoms with Gasteiger partial charge < -0.3 is 0 Å². The van der Waals surface area contributed by atoms with Gasteiger partial charge in [-0.2, -0.15) is 0 Å². The molecular weight excluding hydrogens is 314 g/mol. The molecule has 136 valence electrons. The van der Waals surface area contributed by atoms with Crippen molar-refractivity contribution in [3.63, 3.8) is 0 Å². The van der Waals surface area contributed by atoms with Gasteiger partial charge in [-0.05, 0) is 73.2 Å². The fraction of sp³-hybridized carbons (Fsp3) is 0.400. The minimum atomic E-state index is 0.643. The van der Waals surface area contributed by atoms with Crippen molar-refractivity contribution in [2.24, 2.45) is 11.8 Å². The SMILES string of the molecule is Cc1cc(C)cc(-c2nccc3c(CC(C)C)c(CC(C)C)ccc23)c1. The zero-order valence-electron chi connectivity index (χ0n) is 17.1. The van der Waals surface area contributed by atoms with Crippen LogP contribution in [0.4, 0.5) is 0 Å². The maximum absolute atomic E-state index is 4.77. The number of aryl methyl sites for hydroxylation is 2. The average molecular weight is 346 g/mol. The lowest BCUT2D eigenvalue weighted by molar-refractivity contribution is 0.618. The Morgan fingerprint density at radius 1 is 0.769 bits per heavy atom. The van der Waals surface area contributed by atoms with Crippen LogP contribution in [0.25, 0.3) is 22.0 Å². The van der Waals surface area contributed by atoms with Crippen LogP contribution in [-0.2, 0) is 12.8 Å². The minimum Gasteiger partial charge on any atom is -0.256 e. The molecule has 0 bridgehead atoms. The monoisotopic (exact) mass is 345 g/mol. The van der Waals surface area contributed by atoms with Gasteiger partial charge in [0.2, 0.25) is 0 Å². The standard InChI is InChI=1S/C25H31N/c1-16(2)11-20-7-8-23-22(24(20)12-17(3)4)9-10-26-25(23)21-14-18(5)13-19(6)15-21/h7-10,13-17H,11-12H2,1-6H3. The van der Waals surface area contributed by atoms with E-state index < -0.39 is 0 Å². The number of benzene rings is 2. The number of aromatic nitrogens is 1. The molecule has 0 unspecified atom stereocenters. The summed E-state index contributed by atoms with van der Waals surface area (Å²) < 4.78 is 0. The highest BCUT2D eigenvalue weighted by molar-refractivity contribution is 5.97. The smallest absolute Gasteiger partial charge is 0.0780 e. The lowest BCUT2D eigenvalue weighted by atomic mass is 9.88. The first kappa shape index (κ1) is 18.6. The Hall–Kier alpha value is -2.15. The fourth-order valence-corrected chi connectivity index (χ4v) is 3.98. The number of pyridine rings is 1. The van der Waals surface area contributed by atoms with Gasteiger partial charge in [-0.25, -0.2) is 0 Å². The molecule has 0 radical (unpaired) electrons. The van der Waals surface area contributed by atoms with Crippen LogP contribution in [0.3, 0.4) is 0 Å². The van der Waals surface area contributed by atoms with Crippen LogP contribution in [0.5, 0.6) is 0 Å². The van der Waals surface area contributed by atoms with Crippen LogP contribution >= 0.6 is 0 Å². The van der Waals surface area contributed by atoms with Crippen LogP contribution in [-0.4, -0.2) is 4.98 Å². The Bertz CT molecular complexity index is 899. The van der Waals surface area contributed by atoms with Crippen LogP contribution < -0.4 is 0 Å². The van der Waals surface area contributed by atoms with Gasteiger partial charge in [-0.15, -0.1) is 0 Å². The second-order valence-electron chi connectivity index (χ2n) is 8.53. The maximum Gasteiger partial charge on any atom is 0.0780 e. The summed E-state index contributed by atoms with van der Waals surface area (Å²) in [4.78, 5) is 4.77. The molecule has 0 aliphatic rings. The summed E-state index contributed by atoms with van der Waals surface area (Å²) in [6.07, 6.45) is 4.24. The quantitative estimate of drug-likeness (QED) is 0.489. The number of hydrogen-bond acceptors (Lipinski definition) is 1. The molecule has 0 amide bonds. The molecule has 2 aromatic carbocycles. The van der Waals surface area contributed by atoms with Crippen molar-refractivity contribution in [1.82, 2.24) is 4.98 Å². The first-order valence-electron chi connectivity index (χ1n) is 9.83. The van der Waals surface area contributed by atoms with E-state index in [0.29, 0.717) is 11.8 Å². The van der Waals surface area contributed by atoms with Crippen LogP contribution in [0.1, 0.15) is 49.9 Å². The van der Waals surface area contributed by atoms with Crippen LogP contribution in [0.2, 0.25) is 0 Å². The van der Waals surface area contributed by atoms with Crippen molar-refractivity contribution in [2.45, 2.75) is 54.4 Å². The Kier molecular flexibility index (Phi) is 5.46. The molecule has 26 heavy (non-hydrogen) atoms. The molecule has 1 heteroatoms. The number of fused-ring (bicyclic) bond motifs is 1. The Morgan fingerprint density at radius 3 is 2.04 bits per heavy atom. The van der Waals surface area contributed by atoms with E-state index in [9.17, 15) is 0 Å². The van der Waals surface area contributed by atoms with E-state index >= 15 is 0 Å². The van der Waals surface area contributed by atoms with Crippen LogP contribution in [0.15, 0.2) is 42.6 Å². The van der Waals surface area contributed by atoms with Crippen molar-refractivity contribution in [2.75, 3.05) is 0 Å². The van der Waals surface area contributed by atoms with Crippen LogP contribution in [0, 0.1) is 25.7 Å². The summed E-state index contributed by atoms with van der Waals surface area (Å²) in [6.45, 7) is 13.5. The molecule has 3 aromatic rings. The molecule has 0 saturated heterocycles. The average Bonchev–Trinajstić information content (AvgIpc) is 2.54. The van der Waals surface area contributed by atoms with Gasteiger partial charge >= 0.3 is 0 Å². The molecule has 1 heterocycles. The Morgan fingerprint density at radius 2 is 1.42 bits per heavy atom. The van der Waals surface area contributed by atoms with E-state index in [4.69, 9.17) is 4.98 Å². The third kappa shape index (κ3) is 3.98. The molecule has 1 aromatic heterocycles. The normalized spacial score (nSPS) is 11.7. The van der Waals surface area contributed by atoms with E-state index in [0.717, 1.165) is 18.5 Å². The molecule has 0 aliphatic carbocycles. The zero-order chi connectivity index (χ0) is 18.8. The topological polar surface area (TPSA) is 12.9 Å². The van der Waals surface area contributed by atoms with Crippen molar-refractivity contribution in [3.05, 3.63) is 64.8 Å². The van der Waals surface area contributed by atoms with E-state index in [1.807, 2.05) is 6.20 Å². The number of nitrogens with zero attached hydrogens (tertiary/aromatic N) is 1. The van der Waals surface area contributed by atoms with Gasteiger partial charge in [0.15, 0.2) is 0 Å². The molecule has 0 N–H and O–H groups in total. The van der Waals surface area contributed by atoms with Gasteiger partial charge in [0.1, 0.15) is 0 Å². The molecule has 0 atom stereocenters.